The molecule has 1 amide bonds. The minimum absolute atomic E-state index is 0.0995. The fourth-order valence-corrected chi connectivity index (χ4v) is 3.99. The van der Waals surface area contributed by atoms with E-state index in [0.29, 0.717) is 4.88 Å². The summed E-state index contributed by atoms with van der Waals surface area (Å²) >= 11 is 1.50. The fraction of sp³-hybridized carbons (Fsp3) is 0.353. The van der Waals surface area contributed by atoms with Crippen LogP contribution in [0.1, 0.15) is 45.6 Å². The van der Waals surface area contributed by atoms with E-state index >= 15 is 0 Å². The SMILES string of the molecule is CCc1cc(C(=O)NC(C)c2ccc(S(C)(=O)=O)cc2)sc1C. The Labute approximate surface area is 141 Å². The van der Waals surface area contributed by atoms with Gasteiger partial charge in [-0.25, -0.2) is 8.42 Å². The van der Waals surface area contributed by atoms with Crippen LogP contribution in [0.2, 0.25) is 0 Å². The Hall–Kier alpha value is -1.66. The number of nitrogens with one attached hydrogen (secondary N) is 1. The molecular weight excluding hydrogens is 330 g/mol. The maximum Gasteiger partial charge on any atom is 0.261 e. The third-order valence-electron chi connectivity index (χ3n) is 3.78. The van der Waals surface area contributed by atoms with Crippen LogP contribution in [0.5, 0.6) is 0 Å². The zero-order valence-electron chi connectivity index (χ0n) is 13.7. The molecule has 1 atom stereocenters. The van der Waals surface area contributed by atoms with Crippen LogP contribution in [-0.4, -0.2) is 20.6 Å². The molecule has 1 aromatic heterocycles. The van der Waals surface area contributed by atoms with E-state index in [9.17, 15) is 13.2 Å². The normalized spacial score (nSPS) is 12.9. The van der Waals surface area contributed by atoms with E-state index in [1.807, 2.05) is 19.9 Å². The van der Waals surface area contributed by atoms with Gasteiger partial charge in [0, 0.05) is 11.1 Å². The van der Waals surface area contributed by atoms with Crippen molar-refractivity contribution in [2.45, 2.75) is 38.1 Å². The van der Waals surface area contributed by atoms with Gasteiger partial charge in [0.25, 0.3) is 5.91 Å². The van der Waals surface area contributed by atoms with Gasteiger partial charge in [0.05, 0.1) is 15.8 Å². The molecule has 1 heterocycles. The van der Waals surface area contributed by atoms with Crippen molar-refractivity contribution >= 4 is 27.1 Å². The lowest BCUT2D eigenvalue weighted by Crippen LogP contribution is -2.25. The van der Waals surface area contributed by atoms with Gasteiger partial charge in [0.1, 0.15) is 0 Å². The first-order valence-electron chi connectivity index (χ1n) is 7.42. The molecular formula is C17H21NO3S2. The maximum atomic E-state index is 12.3. The number of amides is 1. The minimum atomic E-state index is -3.20. The number of carbonyl (C=O) groups excluding carboxylic acids is 1. The van der Waals surface area contributed by atoms with Crippen LogP contribution >= 0.6 is 11.3 Å². The lowest BCUT2D eigenvalue weighted by molar-refractivity contribution is 0.0944. The molecule has 1 N–H and O–H groups in total. The Morgan fingerprint density at radius 1 is 1.26 bits per heavy atom. The van der Waals surface area contributed by atoms with Gasteiger partial charge in [0.15, 0.2) is 9.84 Å². The van der Waals surface area contributed by atoms with Gasteiger partial charge in [0.2, 0.25) is 0 Å². The van der Waals surface area contributed by atoms with Crippen molar-refractivity contribution < 1.29 is 13.2 Å². The molecule has 0 aliphatic carbocycles. The smallest absolute Gasteiger partial charge is 0.261 e. The number of thiophene rings is 1. The monoisotopic (exact) mass is 351 g/mol. The van der Waals surface area contributed by atoms with E-state index in [-0.39, 0.29) is 16.8 Å². The molecule has 0 aliphatic rings. The second kappa shape index (κ2) is 6.84. The van der Waals surface area contributed by atoms with Crippen LogP contribution in [0, 0.1) is 6.92 Å². The predicted octanol–water partition coefficient (Wildman–Crippen LogP) is 3.51. The molecule has 0 fully saturated rings. The molecule has 2 rings (SSSR count). The highest BCUT2D eigenvalue weighted by Crippen LogP contribution is 2.23. The van der Waals surface area contributed by atoms with Crippen molar-refractivity contribution in [2.24, 2.45) is 0 Å². The number of aryl methyl sites for hydroxylation is 2. The van der Waals surface area contributed by atoms with E-state index in [1.165, 1.54) is 28.0 Å². The molecule has 6 heteroatoms. The number of hydrogen-bond acceptors (Lipinski definition) is 4. The van der Waals surface area contributed by atoms with Crippen molar-refractivity contribution in [3.05, 3.63) is 51.2 Å². The second-order valence-electron chi connectivity index (χ2n) is 5.58. The largest absolute Gasteiger partial charge is 0.345 e. The quantitative estimate of drug-likeness (QED) is 0.896. The summed E-state index contributed by atoms with van der Waals surface area (Å²) in [5.41, 5.74) is 2.07. The summed E-state index contributed by atoms with van der Waals surface area (Å²) in [5, 5.41) is 2.96. The number of sulfone groups is 1. The zero-order valence-corrected chi connectivity index (χ0v) is 15.3. The Morgan fingerprint density at radius 2 is 1.87 bits per heavy atom. The number of rotatable bonds is 5. The molecule has 1 aromatic carbocycles. The highest BCUT2D eigenvalue weighted by atomic mass is 32.2. The van der Waals surface area contributed by atoms with Gasteiger partial charge in [-0.2, -0.15) is 0 Å². The summed E-state index contributed by atoms with van der Waals surface area (Å²) in [6.45, 7) is 5.98. The van der Waals surface area contributed by atoms with Crippen LogP contribution < -0.4 is 5.32 Å². The Balaban J connectivity index is 2.11. The summed E-state index contributed by atoms with van der Waals surface area (Å²) in [6, 6.07) is 8.35. The van der Waals surface area contributed by atoms with Crippen molar-refractivity contribution in [1.29, 1.82) is 0 Å². The third kappa shape index (κ3) is 4.20. The standard InChI is InChI=1S/C17H21NO3S2/c1-5-13-10-16(22-12(13)3)17(19)18-11(2)14-6-8-15(9-7-14)23(4,20)21/h6-11H,5H2,1-4H3,(H,18,19). The summed E-state index contributed by atoms with van der Waals surface area (Å²) in [5.74, 6) is -0.0995. The number of hydrogen-bond donors (Lipinski definition) is 1. The maximum absolute atomic E-state index is 12.3. The first kappa shape index (κ1) is 17.7. The van der Waals surface area contributed by atoms with Crippen LogP contribution in [0.15, 0.2) is 35.2 Å². The molecule has 1 unspecified atom stereocenters. The average molecular weight is 351 g/mol. The van der Waals surface area contributed by atoms with Crippen molar-refractivity contribution in [3.63, 3.8) is 0 Å². The predicted molar refractivity (Wildman–Crippen MR) is 93.9 cm³/mol. The van der Waals surface area contributed by atoms with Gasteiger partial charge < -0.3 is 5.32 Å². The highest BCUT2D eigenvalue weighted by molar-refractivity contribution is 7.90. The summed E-state index contributed by atoms with van der Waals surface area (Å²) in [7, 11) is -3.20. The topological polar surface area (TPSA) is 63.2 Å². The van der Waals surface area contributed by atoms with Crippen LogP contribution in [0.3, 0.4) is 0 Å². The van der Waals surface area contributed by atoms with Gasteiger partial charge in [-0.1, -0.05) is 19.1 Å². The average Bonchev–Trinajstić information content (AvgIpc) is 2.87. The molecule has 4 nitrogen and oxygen atoms in total. The van der Waals surface area contributed by atoms with Crippen molar-refractivity contribution in [2.75, 3.05) is 6.26 Å². The van der Waals surface area contributed by atoms with Gasteiger partial charge >= 0.3 is 0 Å². The summed E-state index contributed by atoms with van der Waals surface area (Å²) in [6.07, 6.45) is 2.09. The van der Waals surface area contributed by atoms with E-state index in [1.54, 1.807) is 24.3 Å². The molecule has 0 bridgehead atoms. The second-order valence-corrected chi connectivity index (χ2v) is 8.85. The summed E-state index contributed by atoms with van der Waals surface area (Å²) in [4.78, 5) is 14.5. The molecule has 0 aliphatic heterocycles. The van der Waals surface area contributed by atoms with E-state index in [2.05, 4.69) is 12.2 Å². The Morgan fingerprint density at radius 3 is 2.35 bits per heavy atom. The fourth-order valence-electron chi connectivity index (χ4n) is 2.34. The lowest BCUT2D eigenvalue weighted by atomic mass is 10.1. The molecule has 0 saturated carbocycles. The van der Waals surface area contributed by atoms with E-state index in [4.69, 9.17) is 0 Å². The highest BCUT2D eigenvalue weighted by Gasteiger charge is 2.15. The van der Waals surface area contributed by atoms with Crippen LogP contribution in [0.4, 0.5) is 0 Å². The zero-order chi connectivity index (χ0) is 17.2. The van der Waals surface area contributed by atoms with Crippen molar-refractivity contribution in [1.82, 2.24) is 5.32 Å². The molecule has 0 spiro atoms. The first-order chi connectivity index (χ1) is 10.7. The van der Waals surface area contributed by atoms with Crippen LogP contribution in [-0.2, 0) is 16.3 Å². The van der Waals surface area contributed by atoms with E-state index in [0.717, 1.165) is 12.0 Å². The third-order valence-corrected chi connectivity index (χ3v) is 6.00. The Bertz CT molecular complexity index is 805. The molecule has 23 heavy (non-hydrogen) atoms. The summed E-state index contributed by atoms with van der Waals surface area (Å²) < 4.78 is 22.9. The minimum Gasteiger partial charge on any atom is -0.345 e. The molecule has 124 valence electrons. The van der Waals surface area contributed by atoms with Gasteiger partial charge in [-0.15, -0.1) is 11.3 Å². The van der Waals surface area contributed by atoms with Crippen LogP contribution in [0.25, 0.3) is 0 Å². The molecule has 0 radical (unpaired) electrons. The lowest BCUT2D eigenvalue weighted by Gasteiger charge is -2.14. The number of carbonyl (C=O) groups is 1. The van der Waals surface area contributed by atoms with Gasteiger partial charge in [-0.3, -0.25) is 4.79 Å². The molecule has 2 aromatic rings. The first-order valence-corrected chi connectivity index (χ1v) is 10.1. The van der Waals surface area contributed by atoms with Gasteiger partial charge in [-0.05, 0) is 49.6 Å². The van der Waals surface area contributed by atoms with E-state index < -0.39 is 9.84 Å². The Kier molecular flexibility index (Phi) is 5.26. The van der Waals surface area contributed by atoms with Crippen molar-refractivity contribution in [3.8, 4) is 0 Å². The number of benzene rings is 1. The molecule has 0 saturated heterocycles.